The Hall–Kier alpha value is -1.71. The lowest BCUT2D eigenvalue weighted by Gasteiger charge is -2.37. The summed E-state index contributed by atoms with van der Waals surface area (Å²) >= 11 is 0. The van der Waals surface area contributed by atoms with Crippen molar-refractivity contribution in [3.05, 3.63) is 59.4 Å². The van der Waals surface area contributed by atoms with Gasteiger partial charge in [-0.15, -0.1) is 0 Å². The van der Waals surface area contributed by atoms with Gasteiger partial charge in [-0.1, -0.05) is 95.7 Å². The van der Waals surface area contributed by atoms with E-state index >= 15 is 4.39 Å². The van der Waals surface area contributed by atoms with Gasteiger partial charge in [0.25, 0.3) is 0 Å². The van der Waals surface area contributed by atoms with Gasteiger partial charge in [0.1, 0.15) is 5.82 Å². The van der Waals surface area contributed by atoms with Crippen LogP contribution in [0.1, 0.15) is 121 Å². The third-order valence-electron chi connectivity index (χ3n) is 8.69. The van der Waals surface area contributed by atoms with Crippen LogP contribution in [0.15, 0.2) is 42.5 Å². The number of rotatable bonds is 11. The zero-order valence-corrected chi connectivity index (χ0v) is 22.9. The average molecular weight is 495 g/mol. The van der Waals surface area contributed by atoms with E-state index in [4.69, 9.17) is 9.47 Å². The van der Waals surface area contributed by atoms with Crippen molar-refractivity contribution < 1.29 is 13.9 Å². The lowest BCUT2D eigenvalue weighted by atomic mass is 9.68. The molecule has 1 heterocycles. The van der Waals surface area contributed by atoms with E-state index in [0.29, 0.717) is 22.8 Å². The number of ether oxygens (including phenoxy) is 2. The summed E-state index contributed by atoms with van der Waals surface area (Å²) in [4.78, 5) is 0. The molecule has 2 aromatic carbocycles. The van der Waals surface area contributed by atoms with Gasteiger partial charge in [0.05, 0.1) is 13.2 Å². The van der Waals surface area contributed by atoms with Crippen molar-refractivity contribution in [2.45, 2.75) is 110 Å². The summed E-state index contributed by atoms with van der Waals surface area (Å²) in [5.41, 5.74) is 4.23. The highest BCUT2D eigenvalue weighted by atomic mass is 19.1. The lowest BCUT2D eigenvalue weighted by molar-refractivity contribution is -0.206. The summed E-state index contributed by atoms with van der Waals surface area (Å²) in [5.74, 6) is 0.870. The summed E-state index contributed by atoms with van der Waals surface area (Å²) in [6.07, 6.45) is 14.8. The summed E-state index contributed by atoms with van der Waals surface area (Å²) in [5, 5.41) is 0. The van der Waals surface area contributed by atoms with Crippen LogP contribution in [0.5, 0.6) is 0 Å². The second-order valence-electron chi connectivity index (χ2n) is 11.8. The fourth-order valence-corrected chi connectivity index (χ4v) is 6.28. The van der Waals surface area contributed by atoms with Crippen LogP contribution in [0.2, 0.25) is 0 Å². The standard InChI is InChI=1S/C33H47FO2/c1-4-6-7-8-9-10-25-23-35-32(36-24-25)28-13-11-27(12-14-28)30-16-15-29(22-31(30)34)26-17-20-33(3,19-5-2)21-18-26/h11-16,22,25-26,32H,4-10,17-21,23-24H2,1-3H3. The molecule has 1 aliphatic heterocycles. The van der Waals surface area contributed by atoms with Crippen molar-refractivity contribution in [1.82, 2.24) is 0 Å². The van der Waals surface area contributed by atoms with Crippen molar-refractivity contribution in [3.63, 3.8) is 0 Å². The second-order valence-corrected chi connectivity index (χ2v) is 11.8. The molecule has 2 nitrogen and oxygen atoms in total. The van der Waals surface area contributed by atoms with E-state index in [-0.39, 0.29) is 12.1 Å². The van der Waals surface area contributed by atoms with E-state index in [1.165, 1.54) is 77.0 Å². The lowest BCUT2D eigenvalue weighted by Crippen LogP contribution is -2.27. The zero-order chi connectivity index (χ0) is 25.4. The number of hydrogen-bond donors (Lipinski definition) is 0. The molecule has 0 unspecified atom stereocenters. The van der Waals surface area contributed by atoms with Gasteiger partial charge in [0, 0.05) is 17.0 Å². The predicted octanol–water partition coefficient (Wildman–Crippen LogP) is 9.98. The van der Waals surface area contributed by atoms with E-state index in [1.807, 2.05) is 30.3 Å². The molecule has 198 valence electrons. The van der Waals surface area contributed by atoms with Gasteiger partial charge in [-0.2, -0.15) is 0 Å². The maximum Gasteiger partial charge on any atom is 0.183 e. The summed E-state index contributed by atoms with van der Waals surface area (Å²) < 4.78 is 27.3. The van der Waals surface area contributed by atoms with Gasteiger partial charge in [-0.25, -0.2) is 4.39 Å². The van der Waals surface area contributed by atoms with Crippen LogP contribution in [-0.2, 0) is 9.47 Å². The minimum absolute atomic E-state index is 0.117. The fourth-order valence-electron chi connectivity index (χ4n) is 6.28. The summed E-state index contributed by atoms with van der Waals surface area (Å²) in [7, 11) is 0. The highest BCUT2D eigenvalue weighted by Gasteiger charge is 2.31. The smallest absolute Gasteiger partial charge is 0.183 e. The van der Waals surface area contributed by atoms with Crippen molar-refractivity contribution in [2.75, 3.05) is 13.2 Å². The van der Waals surface area contributed by atoms with E-state index in [1.54, 1.807) is 6.07 Å². The van der Waals surface area contributed by atoms with Gasteiger partial charge < -0.3 is 9.47 Å². The molecule has 0 aromatic heterocycles. The Morgan fingerprint density at radius 1 is 0.833 bits per heavy atom. The SMILES string of the molecule is CCCCCCCC1COC(c2ccc(-c3ccc(C4CCC(C)(CCC)CC4)cc3F)cc2)OC1. The Kier molecular flexibility index (Phi) is 10.0. The minimum atomic E-state index is -0.313. The maximum absolute atomic E-state index is 15.2. The van der Waals surface area contributed by atoms with E-state index < -0.39 is 0 Å². The van der Waals surface area contributed by atoms with Gasteiger partial charge in [0.15, 0.2) is 6.29 Å². The molecule has 2 fully saturated rings. The third kappa shape index (κ3) is 7.19. The first-order chi connectivity index (χ1) is 17.5. The van der Waals surface area contributed by atoms with Crippen molar-refractivity contribution in [1.29, 1.82) is 0 Å². The molecule has 0 bridgehead atoms. The van der Waals surface area contributed by atoms with Crippen LogP contribution >= 0.6 is 0 Å². The van der Waals surface area contributed by atoms with Crippen LogP contribution in [0, 0.1) is 17.2 Å². The first kappa shape index (κ1) is 27.3. The first-order valence-electron chi connectivity index (χ1n) is 14.6. The molecular weight excluding hydrogens is 447 g/mol. The predicted molar refractivity (Wildman–Crippen MR) is 148 cm³/mol. The molecule has 0 atom stereocenters. The van der Waals surface area contributed by atoms with E-state index in [2.05, 4.69) is 26.8 Å². The quantitative estimate of drug-likeness (QED) is 0.289. The van der Waals surface area contributed by atoms with Gasteiger partial charge in [-0.3, -0.25) is 0 Å². The highest BCUT2D eigenvalue weighted by molar-refractivity contribution is 5.65. The molecule has 2 aliphatic rings. The van der Waals surface area contributed by atoms with Crippen LogP contribution in [-0.4, -0.2) is 13.2 Å². The zero-order valence-electron chi connectivity index (χ0n) is 22.9. The summed E-state index contributed by atoms with van der Waals surface area (Å²) in [6.45, 7) is 8.48. The number of hydrogen-bond acceptors (Lipinski definition) is 2. The largest absolute Gasteiger partial charge is 0.348 e. The monoisotopic (exact) mass is 494 g/mol. The number of unbranched alkanes of at least 4 members (excludes halogenated alkanes) is 4. The number of halogens is 1. The van der Waals surface area contributed by atoms with Crippen LogP contribution < -0.4 is 0 Å². The van der Waals surface area contributed by atoms with Crippen molar-refractivity contribution in [2.24, 2.45) is 11.3 Å². The van der Waals surface area contributed by atoms with Gasteiger partial charge >= 0.3 is 0 Å². The van der Waals surface area contributed by atoms with E-state index in [9.17, 15) is 0 Å². The maximum atomic E-state index is 15.2. The Labute approximate surface area is 219 Å². The molecule has 0 N–H and O–H groups in total. The van der Waals surface area contributed by atoms with Crippen LogP contribution in [0.3, 0.4) is 0 Å². The van der Waals surface area contributed by atoms with Gasteiger partial charge in [0.2, 0.25) is 0 Å². The molecule has 3 heteroatoms. The average Bonchev–Trinajstić information content (AvgIpc) is 2.89. The highest BCUT2D eigenvalue weighted by Crippen LogP contribution is 2.45. The number of benzene rings is 2. The molecule has 1 saturated heterocycles. The summed E-state index contributed by atoms with van der Waals surface area (Å²) in [6, 6.07) is 13.9. The third-order valence-corrected chi connectivity index (χ3v) is 8.69. The molecule has 0 spiro atoms. The van der Waals surface area contributed by atoms with Crippen molar-refractivity contribution in [3.8, 4) is 11.1 Å². The Morgan fingerprint density at radius 2 is 1.50 bits per heavy atom. The molecule has 4 rings (SSSR count). The van der Waals surface area contributed by atoms with Crippen molar-refractivity contribution >= 4 is 0 Å². The second kappa shape index (κ2) is 13.2. The van der Waals surface area contributed by atoms with Gasteiger partial charge in [-0.05, 0) is 67.1 Å². The molecule has 1 aliphatic carbocycles. The Bertz CT molecular complexity index is 921. The normalized spacial score (nSPS) is 26.7. The van der Waals surface area contributed by atoms with Crippen LogP contribution in [0.25, 0.3) is 11.1 Å². The molecule has 0 radical (unpaired) electrons. The van der Waals surface area contributed by atoms with Crippen LogP contribution in [0.4, 0.5) is 4.39 Å². The first-order valence-corrected chi connectivity index (χ1v) is 14.6. The molecule has 2 aromatic rings. The molecular formula is C33H47FO2. The molecule has 1 saturated carbocycles. The Morgan fingerprint density at radius 3 is 2.14 bits per heavy atom. The fraction of sp³-hybridized carbons (Fsp3) is 0.636. The van der Waals surface area contributed by atoms with E-state index in [0.717, 1.165) is 29.9 Å². The molecule has 0 amide bonds. The minimum Gasteiger partial charge on any atom is -0.348 e. The topological polar surface area (TPSA) is 18.5 Å². The Balaban J connectivity index is 1.29. The molecule has 36 heavy (non-hydrogen) atoms.